The van der Waals surface area contributed by atoms with E-state index < -0.39 is 0 Å². The van der Waals surface area contributed by atoms with Crippen molar-refractivity contribution in [1.29, 1.82) is 0 Å². The van der Waals surface area contributed by atoms with Gasteiger partial charge in [-0.2, -0.15) is 0 Å². The van der Waals surface area contributed by atoms with E-state index in [1.54, 1.807) is 0 Å². The lowest BCUT2D eigenvalue weighted by atomic mass is 9.94. The summed E-state index contributed by atoms with van der Waals surface area (Å²) in [5, 5.41) is 3.07. The fraction of sp³-hybridized carbons (Fsp3) is 0.667. The van der Waals surface area contributed by atoms with Gasteiger partial charge in [0.25, 0.3) is 0 Å². The number of nitrogens with zero attached hydrogens (tertiary/aromatic N) is 3. The number of carbonyl (C=O) groups excluding carboxylic acids is 2. The van der Waals surface area contributed by atoms with Crippen molar-refractivity contribution in [3.63, 3.8) is 0 Å². The number of aryl methyl sites for hydroxylation is 2. The lowest BCUT2D eigenvalue weighted by molar-refractivity contribution is -0.138. The molecule has 1 aromatic rings. The highest BCUT2D eigenvalue weighted by molar-refractivity contribution is 5.93. The van der Waals surface area contributed by atoms with Crippen molar-refractivity contribution in [3.8, 4) is 0 Å². The molecule has 1 aliphatic heterocycles. The van der Waals surface area contributed by atoms with Gasteiger partial charge in [-0.25, -0.2) is 0 Å². The van der Waals surface area contributed by atoms with Crippen LogP contribution < -0.4 is 5.32 Å². The van der Waals surface area contributed by atoms with E-state index in [1.807, 2.05) is 50.9 Å². The minimum absolute atomic E-state index is 0.0296. The van der Waals surface area contributed by atoms with E-state index in [0.717, 1.165) is 55.8 Å². The predicted molar refractivity (Wildman–Crippen MR) is 122 cm³/mol. The Morgan fingerprint density at radius 3 is 2.27 bits per heavy atom. The quantitative estimate of drug-likeness (QED) is 0.777. The molecule has 0 bridgehead atoms. The summed E-state index contributed by atoms with van der Waals surface area (Å²) in [6.07, 6.45) is 6.04. The zero-order valence-corrected chi connectivity index (χ0v) is 19.1. The number of benzene rings is 1. The first kappa shape index (κ1) is 22.8. The number of amides is 2. The Balaban J connectivity index is 1.45. The van der Waals surface area contributed by atoms with Crippen LogP contribution in [0.15, 0.2) is 18.2 Å². The van der Waals surface area contributed by atoms with Gasteiger partial charge < -0.3 is 10.2 Å². The maximum Gasteiger partial charge on any atom is 0.239 e. The summed E-state index contributed by atoms with van der Waals surface area (Å²) in [4.78, 5) is 32.0. The molecule has 30 heavy (non-hydrogen) atoms. The summed E-state index contributed by atoms with van der Waals surface area (Å²) < 4.78 is 0. The average Bonchev–Trinajstić information content (AvgIpc) is 2.76. The second-order valence-corrected chi connectivity index (χ2v) is 9.04. The maximum absolute atomic E-state index is 13.0. The van der Waals surface area contributed by atoms with E-state index in [4.69, 9.17) is 0 Å². The first-order chi connectivity index (χ1) is 14.4. The third kappa shape index (κ3) is 5.61. The molecule has 6 nitrogen and oxygen atoms in total. The number of rotatable bonds is 6. The zero-order chi connectivity index (χ0) is 21.7. The molecule has 0 radical (unpaired) electrons. The van der Waals surface area contributed by atoms with Crippen molar-refractivity contribution in [2.45, 2.75) is 65.0 Å². The molecule has 1 aromatic carbocycles. The van der Waals surface area contributed by atoms with Gasteiger partial charge in [0.05, 0.1) is 12.6 Å². The van der Waals surface area contributed by atoms with Gasteiger partial charge in [0, 0.05) is 45.0 Å². The Morgan fingerprint density at radius 2 is 1.67 bits per heavy atom. The highest BCUT2D eigenvalue weighted by Crippen LogP contribution is 2.23. The van der Waals surface area contributed by atoms with Gasteiger partial charge in [-0.15, -0.1) is 0 Å². The van der Waals surface area contributed by atoms with Crippen LogP contribution in [-0.2, 0) is 9.59 Å². The topological polar surface area (TPSA) is 55.9 Å². The number of nitrogens with one attached hydrogen (secondary N) is 1. The van der Waals surface area contributed by atoms with Crippen LogP contribution in [0.2, 0.25) is 0 Å². The monoisotopic (exact) mass is 414 g/mol. The number of piperazine rings is 1. The standard InChI is InChI=1S/C24H38N4O2/c1-18-9-8-10-19(2)23(18)25-22(29)17-27-13-15-28(16-14-27)20(3)24(30)26(4)21-11-6-5-7-12-21/h8-10,20-21H,5-7,11-17H2,1-4H3,(H,25,29). The molecule has 2 fully saturated rings. The summed E-state index contributed by atoms with van der Waals surface area (Å²) in [5.74, 6) is 0.269. The van der Waals surface area contributed by atoms with Crippen LogP contribution in [0.1, 0.15) is 50.2 Å². The highest BCUT2D eigenvalue weighted by Gasteiger charge is 2.31. The van der Waals surface area contributed by atoms with Crippen molar-refractivity contribution in [1.82, 2.24) is 14.7 Å². The molecule has 0 aromatic heterocycles. The summed E-state index contributed by atoms with van der Waals surface area (Å²) in [7, 11) is 1.98. The molecule has 0 spiro atoms. The van der Waals surface area contributed by atoms with E-state index in [0.29, 0.717) is 12.6 Å². The molecule has 1 heterocycles. The number of carbonyl (C=O) groups is 2. The number of anilines is 1. The van der Waals surface area contributed by atoms with Crippen molar-refractivity contribution < 1.29 is 9.59 Å². The SMILES string of the molecule is Cc1cccc(C)c1NC(=O)CN1CCN(C(C)C(=O)N(C)C2CCCCC2)CC1. The van der Waals surface area contributed by atoms with Gasteiger partial charge >= 0.3 is 0 Å². The molecule has 2 aliphatic rings. The molecule has 2 amide bonds. The molecular weight excluding hydrogens is 376 g/mol. The average molecular weight is 415 g/mol. The fourth-order valence-electron chi connectivity index (χ4n) is 4.80. The Labute approximate surface area is 181 Å². The van der Waals surface area contributed by atoms with Crippen LogP contribution in [0, 0.1) is 13.8 Å². The Morgan fingerprint density at radius 1 is 1.07 bits per heavy atom. The van der Waals surface area contributed by atoms with Crippen LogP contribution in [-0.4, -0.2) is 78.4 Å². The minimum atomic E-state index is -0.0949. The van der Waals surface area contributed by atoms with E-state index in [-0.39, 0.29) is 17.9 Å². The summed E-state index contributed by atoms with van der Waals surface area (Å²) >= 11 is 0. The number of para-hydroxylation sites is 1. The lowest BCUT2D eigenvalue weighted by Crippen LogP contribution is -2.56. The maximum atomic E-state index is 13.0. The number of likely N-dealkylation sites (N-methyl/N-ethyl adjacent to an activating group) is 1. The van der Waals surface area contributed by atoms with Gasteiger partial charge in [-0.3, -0.25) is 19.4 Å². The highest BCUT2D eigenvalue weighted by atomic mass is 16.2. The summed E-state index contributed by atoms with van der Waals surface area (Å²) in [5.41, 5.74) is 3.09. The minimum Gasteiger partial charge on any atom is -0.341 e. The molecular formula is C24H38N4O2. The molecule has 3 rings (SSSR count). The number of hydrogen-bond donors (Lipinski definition) is 1. The van der Waals surface area contributed by atoms with Crippen LogP contribution >= 0.6 is 0 Å². The van der Waals surface area contributed by atoms with E-state index >= 15 is 0 Å². The number of hydrogen-bond acceptors (Lipinski definition) is 4. The normalized spacial score (nSPS) is 20.0. The predicted octanol–water partition coefficient (Wildman–Crippen LogP) is 3.04. The Kier molecular flexibility index (Phi) is 7.89. The van der Waals surface area contributed by atoms with Crippen LogP contribution in [0.5, 0.6) is 0 Å². The van der Waals surface area contributed by atoms with Gasteiger partial charge in [0.2, 0.25) is 11.8 Å². The second kappa shape index (κ2) is 10.4. The van der Waals surface area contributed by atoms with Crippen molar-refractivity contribution in [2.24, 2.45) is 0 Å². The van der Waals surface area contributed by atoms with E-state index in [2.05, 4.69) is 15.1 Å². The van der Waals surface area contributed by atoms with Crippen LogP contribution in [0.4, 0.5) is 5.69 Å². The lowest BCUT2D eigenvalue weighted by Gasteiger charge is -2.40. The van der Waals surface area contributed by atoms with Crippen LogP contribution in [0.3, 0.4) is 0 Å². The molecule has 1 aliphatic carbocycles. The molecule has 1 saturated carbocycles. The Hall–Kier alpha value is -1.92. The third-order valence-corrected chi connectivity index (χ3v) is 6.89. The Bertz CT molecular complexity index is 716. The smallest absolute Gasteiger partial charge is 0.239 e. The molecule has 1 unspecified atom stereocenters. The van der Waals surface area contributed by atoms with Crippen molar-refractivity contribution in [2.75, 3.05) is 45.1 Å². The van der Waals surface area contributed by atoms with Gasteiger partial charge in [-0.1, -0.05) is 37.5 Å². The summed E-state index contributed by atoms with van der Waals surface area (Å²) in [6, 6.07) is 6.35. The molecule has 1 N–H and O–H groups in total. The molecule has 6 heteroatoms. The third-order valence-electron chi connectivity index (χ3n) is 6.89. The molecule has 1 saturated heterocycles. The van der Waals surface area contributed by atoms with Gasteiger partial charge in [0.1, 0.15) is 0 Å². The molecule has 1 atom stereocenters. The zero-order valence-electron chi connectivity index (χ0n) is 19.1. The molecule has 166 valence electrons. The first-order valence-electron chi connectivity index (χ1n) is 11.5. The second-order valence-electron chi connectivity index (χ2n) is 9.04. The largest absolute Gasteiger partial charge is 0.341 e. The van der Waals surface area contributed by atoms with E-state index in [1.165, 1.54) is 19.3 Å². The van der Waals surface area contributed by atoms with Gasteiger partial charge in [-0.05, 0) is 44.7 Å². The van der Waals surface area contributed by atoms with Gasteiger partial charge in [0.15, 0.2) is 0 Å². The fourth-order valence-corrected chi connectivity index (χ4v) is 4.80. The van der Waals surface area contributed by atoms with Crippen molar-refractivity contribution in [3.05, 3.63) is 29.3 Å². The van der Waals surface area contributed by atoms with Crippen molar-refractivity contribution >= 4 is 17.5 Å². The first-order valence-corrected chi connectivity index (χ1v) is 11.5. The van der Waals surface area contributed by atoms with E-state index in [9.17, 15) is 9.59 Å². The summed E-state index contributed by atoms with van der Waals surface area (Å²) in [6.45, 7) is 9.73. The van der Waals surface area contributed by atoms with Crippen LogP contribution in [0.25, 0.3) is 0 Å².